The molecule has 20 heavy (non-hydrogen) atoms. The number of anilines is 1. The van der Waals surface area contributed by atoms with Crippen molar-refractivity contribution in [1.29, 1.82) is 0 Å². The summed E-state index contributed by atoms with van der Waals surface area (Å²) in [4.78, 5) is 23.3. The fraction of sp³-hybridized carbons (Fsp3) is 0.429. The Labute approximate surface area is 126 Å². The smallest absolute Gasteiger partial charge is 0.251 e. The number of hydrogen-bond acceptors (Lipinski definition) is 3. The van der Waals surface area contributed by atoms with Gasteiger partial charge in [0.25, 0.3) is 5.91 Å². The number of nitrogens with one attached hydrogen (secondary N) is 2. The number of rotatable bonds is 6. The topological polar surface area (TPSA) is 84.2 Å². The molecular weight excluding hydrogens is 322 g/mol. The number of nitrogen functional groups attached to an aromatic ring is 1. The van der Waals surface area contributed by atoms with Gasteiger partial charge in [-0.25, -0.2) is 0 Å². The van der Waals surface area contributed by atoms with Gasteiger partial charge in [0.2, 0.25) is 5.91 Å². The van der Waals surface area contributed by atoms with Gasteiger partial charge in [-0.3, -0.25) is 9.59 Å². The molecule has 108 valence electrons. The molecule has 1 aliphatic rings. The SMILES string of the molecule is Nc1ccc(C(=O)NCCCC(=O)NC2CC2)cc1Br. The van der Waals surface area contributed by atoms with Crippen LogP contribution in [0.5, 0.6) is 0 Å². The summed E-state index contributed by atoms with van der Waals surface area (Å²) in [5.74, 6) is -0.0923. The third-order valence-corrected chi connectivity index (χ3v) is 3.76. The maximum Gasteiger partial charge on any atom is 0.251 e. The highest BCUT2D eigenvalue weighted by molar-refractivity contribution is 9.10. The number of carbonyl (C=O) groups is 2. The van der Waals surface area contributed by atoms with E-state index in [2.05, 4.69) is 26.6 Å². The Morgan fingerprint density at radius 1 is 1.35 bits per heavy atom. The maximum atomic E-state index is 11.9. The van der Waals surface area contributed by atoms with Gasteiger partial charge in [-0.05, 0) is 53.4 Å². The second-order valence-electron chi connectivity index (χ2n) is 4.94. The molecule has 1 fully saturated rings. The molecule has 2 rings (SSSR count). The molecule has 1 saturated carbocycles. The Bertz CT molecular complexity index is 515. The van der Waals surface area contributed by atoms with Gasteiger partial charge >= 0.3 is 0 Å². The molecule has 6 heteroatoms. The molecule has 0 aliphatic heterocycles. The summed E-state index contributed by atoms with van der Waals surface area (Å²) >= 11 is 3.29. The number of nitrogens with two attached hydrogens (primary N) is 1. The standard InChI is InChI=1S/C14H18BrN3O2/c15-11-8-9(3-6-12(11)16)14(20)17-7-1-2-13(19)18-10-4-5-10/h3,6,8,10H,1-2,4-5,7,16H2,(H,17,20)(H,18,19). The van der Waals surface area contributed by atoms with Crippen LogP contribution in [0.15, 0.2) is 22.7 Å². The van der Waals surface area contributed by atoms with Crippen molar-refractivity contribution >= 4 is 33.4 Å². The predicted molar refractivity (Wildman–Crippen MR) is 81.3 cm³/mol. The first-order valence-electron chi connectivity index (χ1n) is 6.69. The van der Waals surface area contributed by atoms with E-state index in [-0.39, 0.29) is 11.8 Å². The molecule has 0 unspecified atom stereocenters. The molecule has 0 aromatic heterocycles. The Morgan fingerprint density at radius 2 is 2.10 bits per heavy atom. The quantitative estimate of drug-likeness (QED) is 0.546. The monoisotopic (exact) mass is 339 g/mol. The summed E-state index contributed by atoms with van der Waals surface area (Å²) in [7, 11) is 0. The molecule has 0 saturated heterocycles. The van der Waals surface area contributed by atoms with Crippen LogP contribution in [-0.2, 0) is 4.79 Å². The number of hydrogen-bond donors (Lipinski definition) is 3. The van der Waals surface area contributed by atoms with Gasteiger partial charge in [-0.15, -0.1) is 0 Å². The fourth-order valence-electron chi connectivity index (χ4n) is 1.75. The van der Waals surface area contributed by atoms with Gasteiger partial charge < -0.3 is 16.4 Å². The highest BCUT2D eigenvalue weighted by Gasteiger charge is 2.22. The van der Waals surface area contributed by atoms with E-state index >= 15 is 0 Å². The second-order valence-corrected chi connectivity index (χ2v) is 5.79. The highest BCUT2D eigenvalue weighted by Crippen LogP contribution is 2.20. The van der Waals surface area contributed by atoms with Crippen molar-refractivity contribution in [2.45, 2.75) is 31.7 Å². The Hall–Kier alpha value is -1.56. The van der Waals surface area contributed by atoms with Gasteiger partial charge in [0.05, 0.1) is 0 Å². The molecule has 0 atom stereocenters. The van der Waals surface area contributed by atoms with Crippen molar-refractivity contribution in [3.05, 3.63) is 28.2 Å². The zero-order valence-electron chi connectivity index (χ0n) is 11.1. The van der Waals surface area contributed by atoms with Crippen LogP contribution in [-0.4, -0.2) is 24.4 Å². The zero-order chi connectivity index (χ0) is 14.5. The van der Waals surface area contributed by atoms with Gasteiger partial charge in [0.1, 0.15) is 0 Å². The van der Waals surface area contributed by atoms with Crippen LogP contribution in [0, 0.1) is 0 Å². The normalized spacial score (nSPS) is 13.8. The average molecular weight is 340 g/mol. The van der Waals surface area contributed by atoms with E-state index in [4.69, 9.17) is 5.73 Å². The molecule has 0 heterocycles. The molecule has 1 aromatic carbocycles. The van der Waals surface area contributed by atoms with Crippen molar-refractivity contribution in [1.82, 2.24) is 10.6 Å². The third kappa shape index (κ3) is 4.52. The summed E-state index contributed by atoms with van der Waals surface area (Å²) in [6.07, 6.45) is 3.27. The van der Waals surface area contributed by atoms with Crippen molar-refractivity contribution in [3.63, 3.8) is 0 Å². The Balaban J connectivity index is 1.68. The minimum absolute atomic E-state index is 0.0666. The van der Waals surface area contributed by atoms with Crippen LogP contribution in [0.25, 0.3) is 0 Å². The molecule has 0 radical (unpaired) electrons. The summed E-state index contributed by atoms with van der Waals surface area (Å²) in [6, 6.07) is 5.44. The van der Waals surface area contributed by atoms with Crippen LogP contribution in [0.2, 0.25) is 0 Å². The number of benzene rings is 1. The van der Waals surface area contributed by atoms with Crippen LogP contribution in [0.3, 0.4) is 0 Å². The van der Waals surface area contributed by atoms with Crippen LogP contribution in [0.1, 0.15) is 36.0 Å². The molecule has 4 N–H and O–H groups in total. The van der Waals surface area contributed by atoms with Gasteiger partial charge in [-0.1, -0.05) is 0 Å². The van der Waals surface area contributed by atoms with E-state index in [1.807, 2.05) is 0 Å². The van der Waals surface area contributed by atoms with E-state index in [9.17, 15) is 9.59 Å². The first-order chi connectivity index (χ1) is 9.56. The fourth-order valence-corrected chi connectivity index (χ4v) is 2.13. The summed E-state index contributed by atoms with van der Waals surface area (Å²) in [5.41, 5.74) is 6.81. The second kappa shape index (κ2) is 6.74. The van der Waals surface area contributed by atoms with Crippen LogP contribution in [0.4, 0.5) is 5.69 Å². The minimum atomic E-state index is -0.159. The van der Waals surface area contributed by atoms with Crippen LogP contribution >= 0.6 is 15.9 Å². The minimum Gasteiger partial charge on any atom is -0.398 e. The van der Waals surface area contributed by atoms with E-state index in [1.54, 1.807) is 18.2 Å². The molecule has 2 amide bonds. The van der Waals surface area contributed by atoms with Gasteiger partial charge in [0.15, 0.2) is 0 Å². The van der Waals surface area contributed by atoms with Crippen molar-refractivity contribution in [3.8, 4) is 0 Å². The van der Waals surface area contributed by atoms with E-state index in [0.717, 1.165) is 12.8 Å². The van der Waals surface area contributed by atoms with Crippen molar-refractivity contribution in [2.24, 2.45) is 0 Å². The molecule has 1 aromatic rings. The van der Waals surface area contributed by atoms with Crippen molar-refractivity contribution in [2.75, 3.05) is 12.3 Å². The van der Waals surface area contributed by atoms with E-state index in [1.165, 1.54) is 0 Å². The zero-order valence-corrected chi connectivity index (χ0v) is 12.7. The number of halogens is 1. The Kier molecular flexibility index (Phi) is 5.00. The Morgan fingerprint density at radius 3 is 2.75 bits per heavy atom. The van der Waals surface area contributed by atoms with Gasteiger partial charge in [0, 0.05) is 34.7 Å². The molecule has 1 aliphatic carbocycles. The first kappa shape index (κ1) is 14.8. The molecular formula is C14H18BrN3O2. The molecule has 0 bridgehead atoms. The van der Waals surface area contributed by atoms with Crippen LogP contribution < -0.4 is 16.4 Å². The summed E-state index contributed by atoms with van der Waals surface area (Å²) in [6.45, 7) is 0.485. The van der Waals surface area contributed by atoms with E-state index < -0.39 is 0 Å². The lowest BCUT2D eigenvalue weighted by atomic mass is 10.2. The number of amides is 2. The lowest BCUT2D eigenvalue weighted by molar-refractivity contribution is -0.121. The average Bonchev–Trinajstić information content (AvgIpc) is 3.21. The highest BCUT2D eigenvalue weighted by atomic mass is 79.9. The van der Waals surface area contributed by atoms with Crippen molar-refractivity contribution < 1.29 is 9.59 Å². The largest absolute Gasteiger partial charge is 0.398 e. The van der Waals surface area contributed by atoms with E-state index in [0.29, 0.717) is 41.2 Å². The summed E-state index contributed by atoms with van der Waals surface area (Å²) in [5, 5.41) is 5.70. The lowest BCUT2D eigenvalue weighted by Gasteiger charge is -2.07. The molecule has 5 nitrogen and oxygen atoms in total. The molecule has 0 spiro atoms. The summed E-state index contributed by atoms with van der Waals surface area (Å²) < 4.78 is 0.703. The van der Waals surface area contributed by atoms with Gasteiger partial charge in [-0.2, -0.15) is 0 Å². The third-order valence-electron chi connectivity index (χ3n) is 3.07. The maximum absolute atomic E-state index is 11.9. The lowest BCUT2D eigenvalue weighted by Crippen LogP contribution is -2.28. The first-order valence-corrected chi connectivity index (χ1v) is 7.48. The number of carbonyl (C=O) groups excluding carboxylic acids is 2. The predicted octanol–water partition coefficient (Wildman–Crippen LogP) is 1.82.